The average Bonchev–Trinajstić information content (AvgIpc) is 2.11. The molecule has 78 valence electrons. The van der Waals surface area contributed by atoms with E-state index in [-0.39, 0.29) is 16.9 Å². The first-order chi connectivity index (χ1) is 6.54. The smallest absolute Gasteiger partial charge is 0.145 e. The highest BCUT2D eigenvalue weighted by Crippen LogP contribution is 2.22. The average molecular weight is 216 g/mol. The van der Waals surface area contributed by atoms with Gasteiger partial charge in [-0.25, -0.2) is 4.39 Å². The monoisotopic (exact) mass is 215 g/mol. The maximum atomic E-state index is 13.5. The molecule has 1 aromatic carbocycles. The molecular weight excluding hydrogens is 201 g/mol. The third kappa shape index (κ3) is 2.69. The Labute approximate surface area is 89.1 Å². The summed E-state index contributed by atoms with van der Waals surface area (Å²) in [6.07, 6.45) is 1.38. The molecule has 0 saturated carbocycles. The summed E-state index contributed by atoms with van der Waals surface area (Å²) in [6.45, 7) is 3.87. The number of hydrogen-bond acceptors (Lipinski definition) is 1. The van der Waals surface area contributed by atoms with Crippen LogP contribution in [0.15, 0.2) is 12.1 Å². The van der Waals surface area contributed by atoms with Crippen LogP contribution in [-0.4, -0.2) is 6.04 Å². The van der Waals surface area contributed by atoms with Crippen LogP contribution in [0.25, 0.3) is 0 Å². The summed E-state index contributed by atoms with van der Waals surface area (Å²) in [5, 5.41) is 0.194. The van der Waals surface area contributed by atoms with Crippen molar-refractivity contribution in [3.63, 3.8) is 0 Å². The summed E-state index contributed by atoms with van der Waals surface area (Å²) in [7, 11) is 0. The van der Waals surface area contributed by atoms with Gasteiger partial charge in [-0.1, -0.05) is 24.6 Å². The first kappa shape index (κ1) is 11.5. The van der Waals surface area contributed by atoms with E-state index in [0.29, 0.717) is 12.0 Å². The highest BCUT2D eigenvalue weighted by atomic mass is 35.5. The Bertz CT molecular complexity index is 323. The van der Waals surface area contributed by atoms with Gasteiger partial charge in [-0.2, -0.15) is 0 Å². The van der Waals surface area contributed by atoms with Gasteiger partial charge in [0.25, 0.3) is 0 Å². The summed E-state index contributed by atoms with van der Waals surface area (Å²) >= 11 is 5.77. The van der Waals surface area contributed by atoms with E-state index in [9.17, 15) is 4.39 Å². The molecule has 1 rings (SSSR count). The summed E-state index contributed by atoms with van der Waals surface area (Å²) in [5.41, 5.74) is 7.29. The minimum atomic E-state index is -0.332. The van der Waals surface area contributed by atoms with E-state index in [4.69, 9.17) is 17.3 Å². The van der Waals surface area contributed by atoms with Gasteiger partial charge in [0.2, 0.25) is 0 Å². The molecule has 0 aliphatic heterocycles. The fourth-order valence-corrected chi connectivity index (χ4v) is 1.67. The minimum absolute atomic E-state index is 0.0485. The van der Waals surface area contributed by atoms with Crippen molar-refractivity contribution in [2.45, 2.75) is 32.7 Å². The van der Waals surface area contributed by atoms with E-state index in [0.717, 1.165) is 12.0 Å². The minimum Gasteiger partial charge on any atom is -0.328 e. The van der Waals surface area contributed by atoms with Crippen LogP contribution >= 0.6 is 11.6 Å². The van der Waals surface area contributed by atoms with Gasteiger partial charge in [0.05, 0.1) is 5.02 Å². The molecule has 0 aliphatic rings. The summed E-state index contributed by atoms with van der Waals surface area (Å²) < 4.78 is 13.5. The third-order valence-electron chi connectivity index (χ3n) is 2.11. The lowest BCUT2D eigenvalue weighted by Crippen LogP contribution is -2.18. The van der Waals surface area contributed by atoms with Crippen molar-refractivity contribution in [2.75, 3.05) is 0 Å². The van der Waals surface area contributed by atoms with Gasteiger partial charge in [0, 0.05) is 6.04 Å². The van der Waals surface area contributed by atoms with Crippen LogP contribution in [0.2, 0.25) is 5.02 Å². The normalized spacial score (nSPS) is 12.9. The molecule has 0 radical (unpaired) electrons. The SMILES string of the molecule is CCc1cc(Cl)c(F)c(CC(C)N)c1. The maximum absolute atomic E-state index is 13.5. The third-order valence-corrected chi connectivity index (χ3v) is 2.39. The number of hydrogen-bond donors (Lipinski definition) is 1. The number of halogens is 2. The predicted octanol–water partition coefficient (Wildman–Crippen LogP) is 2.93. The van der Waals surface area contributed by atoms with Crippen LogP contribution in [0.5, 0.6) is 0 Å². The Morgan fingerprint density at radius 3 is 2.64 bits per heavy atom. The van der Waals surface area contributed by atoms with Crippen LogP contribution in [-0.2, 0) is 12.8 Å². The largest absolute Gasteiger partial charge is 0.328 e. The van der Waals surface area contributed by atoms with Gasteiger partial charge in [0.15, 0.2) is 0 Å². The molecule has 3 heteroatoms. The lowest BCUT2D eigenvalue weighted by atomic mass is 10.0. The lowest BCUT2D eigenvalue weighted by molar-refractivity contribution is 0.595. The van der Waals surface area contributed by atoms with Crippen molar-refractivity contribution < 1.29 is 4.39 Å². The van der Waals surface area contributed by atoms with Crippen LogP contribution in [0.4, 0.5) is 4.39 Å². The topological polar surface area (TPSA) is 26.0 Å². The summed E-state index contributed by atoms with van der Waals surface area (Å²) in [6, 6.07) is 3.46. The Kier molecular flexibility index (Phi) is 3.90. The molecule has 0 heterocycles. The highest BCUT2D eigenvalue weighted by molar-refractivity contribution is 6.30. The summed E-state index contributed by atoms with van der Waals surface area (Å²) in [5.74, 6) is -0.332. The quantitative estimate of drug-likeness (QED) is 0.825. The first-order valence-corrected chi connectivity index (χ1v) is 5.14. The molecule has 0 spiro atoms. The molecule has 1 nitrogen and oxygen atoms in total. The van der Waals surface area contributed by atoms with Crippen LogP contribution in [0.3, 0.4) is 0 Å². The second kappa shape index (κ2) is 4.76. The van der Waals surface area contributed by atoms with Crippen molar-refractivity contribution >= 4 is 11.6 Å². The lowest BCUT2D eigenvalue weighted by Gasteiger charge is -2.09. The van der Waals surface area contributed by atoms with Crippen molar-refractivity contribution in [2.24, 2.45) is 5.73 Å². The van der Waals surface area contributed by atoms with E-state index in [1.165, 1.54) is 0 Å². The van der Waals surface area contributed by atoms with E-state index >= 15 is 0 Å². The molecule has 1 aromatic rings. The number of aryl methyl sites for hydroxylation is 1. The summed E-state index contributed by atoms with van der Waals surface area (Å²) in [4.78, 5) is 0. The molecular formula is C11H15ClFN. The molecule has 0 bridgehead atoms. The number of benzene rings is 1. The van der Waals surface area contributed by atoms with E-state index in [1.807, 2.05) is 19.9 Å². The second-order valence-corrected chi connectivity index (χ2v) is 3.99. The van der Waals surface area contributed by atoms with Crippen molar-refractivity contribution in [1.82, 2.24) is 0 Å². The second-order valence-electron chi connectivity index (χ2n) is 3.59. The molecule has 0 saturated heterocycles. The molecule has 1 unspecified atom stereocenters. The molecule has 0 aliphatic carbocycles. The zero-order chi connectivity index (χ0) is 10.7. The molecule has 1 atom stereocenters. The molecule has 2 N–H and O–H groups in total. The Balaban J connectivity index is 3.07. The number of rotatable bonds is 3. The number of nitrogens with two attached hydrogens (primary N) is 1. The standard InChI is InChI=1S/C11H15ClFN/c1-3-8-5-9(4-7(2)14)11(13)10(12)6-8/h5-7H,3-4,14H2,1-2H3. The van der Waals surface area contributed by atoms with Gasteiger partial charge in [-0.05, 0) is 37.0 Å². The fraction of sp³-hybridized carbons (Fsp3) is 0.455. The van der Waals surface area contributed by atoms with Gasteiger partial charge in [-0.15, -0.1) is 0 Å². The zero-order valence-corrected chi connectivity index (χ0v) is 9.24. The van der Waals surface area contributed by atoms with Gasteiger partial charge >= 0.3 is 0 Å². The van der Waals surface area contributed by atoms with E-state index < -0.39 is 0 Å². The van der Waals surface area contributed by atoms with E-state index in [1.54, 1.807) is 6.07 Å². The predicted molar refractivity (Wildman–Crippen MR) is 58.1 cm³/mol. The van der Waals surface area contributed by atoms with Crippen molar-refractivity contribution in [3.05, 3.63) is 34.1 Å². The van der Waals surface area contributed by atoms with Crippen molar-refractivity contribution in [1.29, 1.82) is 0 Å². The van der Waals surface area contributed by atoms with Crippen molar-refractivity contribution in [3.8, 4) is 0 Å². The van der Waals surface area contributed by atoms with Gasteiger partial charge in [-0.3, -0.25) is 0 Å². The Hall–Kier alpha value is -0.600. The van der Waals surface area contributed by atoms with Gasteiger partial charge in [0.1, 0.15) is 5.82 Å². The fourth-order valence-electron chi connectivity index (χ4n) is 1.41. The van der Waals surface area contributed by atoms with Crippen LogP contribution in [0, 0.1) is 5.82 Å². The molecule has 0 aromatic heterocycles. The maximum Gasteiger partial charge on any atom is 0.145 e. The Morgan fingerprint density at radius 2 is 2.14 bits per heavy atom. The molecule has 14 heavy (non-hydrogen) atoms. The zero-order valence-electron chi connectivity index (χ0n) is 8.48. The van der Waals surface area contributed by atoms with E-state index in [2.05, 4.69) is 0 Å². The molecule has 0 amide bonds. The highest BCUT2D eigenvalue weighted by Gasteiger charge is 2.10. The van der Waals surface area contributed by atoms with Crippen LogP contribution in [0.1, 0.15) is 25.0 Å². The van der Waals surface area contributed by atoms with Crippen LogP contribution < -0.4 is 5.73 Å². The first-order valence-electron chi connectivity index (χ1n) is 4.77. The van der Waals surface area contributed by atoms with Gasteiger partial charge < -0.3 is 5.73 Å². The molecule has 0 fully saturated rings. The Morgan fingerprint density at radius 1 is 1.50 bits per heavy atom.